The molecule has 0 unspecified atom stereocenters. The van der Waals surface area contributed by atoms with Crippen molar-refractivity contribution < 1.29 is 5.11 Å². The first-order valence-corrected chi connectivity index (χ1v) is 6.31. The van der Waals surface area contributed by atoms with Crippen LogP contribution in [0.25, 0.3) is 0 Å². The van der Waals surface area contributed by atoms with Gasteiger partial charge in [-0.15, -0.1) is 0 Å². The minimum atomic E-state index is -0.216. The van der Waals surface area contributed by atoms with Crippen molar-refractivity contribution in [3.05, 3.63) is 0 Å². The molecular formula is C12H26N2O. The highest BCUT2D eigenvalue weighted by Crippen LogP contribution is 2.22. The number of nitrogens with two attached hydrogens (primary N) is 1. The van der Waals surface area contributed by atoms with Crippen LogP contribution in [-0.2, 0) is 0 Å². The van der Waals surface area contributed by atoms with Gasteiger partial charge in [0, 0.05) is 18.6 Å². The van der Waals surface area contributed by atoms with Gasteiger partial charge in [-0.2, -0.15) is 0 Å². The highest BCUT2D eigenvalue weighted by atomic mass is 16.3. The first-order valence-electron chi connectivity index (χ1n) is 6.31. The number of hydrogen-bond acceptors (Lipinski definition) is 3. The van der Waals surface area contributed by atoms with E-state index in [2.05, 4.69) is 11.8 Å². The zero-order valence-corrected chi connectivity index (χ0v) is 10.2. The van der Waals surface area contributed by atoms with Crippen molar-refractivity contribution in [2.24, 2.45) is 5.73 Å². The quantitative estimate of drug-likeness (QED) is 0.726. The van der Waals surface area contributed by atoms with E-state index in [1.165, 1.54) is 12.8 Å². The number of hydrogen-bond donors (Lipinski definition) is 2. The summed E-state index contributed by atoms with van der Waals surface area (Å²) >= 11 is 0. The van der Waals surface area contributed by atoms with Gasteiger partial charge in [0.2, 0.25) is 0 Å². The molecule has 0 heterocycles. The van der Waals surface area contributed by atoms with Gasteiger partial charge in [0.25, 0.3) is 0 Å². The number of rotatable bonds is 5. The second kappa shape index (κ2) is 6.46. The normalized spacial score (nSPS) is 29.4. The summed E-state index contributed by atoms with van der Waals surface area (Å²) in [6.45, 7) is 5.99. The third-order valence-electron chi connectivity index (χ3n) is 3.27. The van der Waals surface area contributed by atoms with Crippen LogP contribution >= 0.6 is 0 Å². The Bertz CT molecular complexity index is 165. The maximum Gasteiger partial charge on any atom is 0.0639 e. The van der Waals surface area contributed by atoms with Gasteiger partial charge in [-0.3, -0.25) is 4.90 Å². The summed E-state index contributed by atoms with van der Waals surface area (Å²) in [5.41, 5.74) is 5.90. The first kappa shape index (κ1) is 12.9. The largest absolute Gasteiger partial charge is 0.392 e. The van der Waals surface area contributed by atoms with E-state index >= 15 is 0 Å². The molecule has 0 aromatic heterocycles. The van der Waals surface area contributed by atoms with Crippen molar-refractivity contribution in [3.63, 3.8) is 0 Å². The second-order valence-corrected chi connectivity index (χ2v) is 4.91. The summed E-state index contributed by atoms with van der Waals surface area (Å²) in [5, 5.41) is 9.47. The maximum absolute atomic E-state index is 9.47. The lowest BCUT2D eigenvalue weighted by Crippen LogP contribution is -2.44. The molecule has 1 rings (SSSR count). The highest BCUT2D eigenvalue weighted by Gasteiger charge is 2.24. The summed E-state index contributed by atoms with van der Waals surface area (Å²) in [7, 11) is 0. The lowest BCUT2D eigenvalue weighted by atomic mass is 9.90. The molecule has 0 radical (unpaired) electrons. The fourth-order valence-electron chi connectivity index (χ4n) is 2.52. The summed E-state index contributed by atoms with van der Waals surface area (Å²) in [6, 6.07) is 1.07. The average molecular weight is 214 g/mol. The lowest BCUT2D eigenvalue weighted by molar-refractivity contribution is 0.0802. The van der Waals surface area contributed by atoms with Gasteiger partial charge in [0.15, 0.2) is 0 Å². The average Bonchev–Trinajstić information content (AvgIpc) is 2.17. The Morgan fingerprint density at radius 1 is 1.33 bits per heavy atom. The molecule has 3 nitrogen and oxygen atoms in total. The van der Waals surface area contributed by atoms with Crippen molar-refractivity contribution in [2.75, 3.05) is 13.1 Å². The molecule has 1 aliphatic carbocycles. The van der Waals surface area contributed by atoms with Crippen LogP contribution in [0.1, 0.15) is 46.0 Å². The van der Waals surface area contributed by atoms with Crippen LogP contribution in [0.5, 0.6) is 0 Å². The Hall–Kier alpha value is -0.120. The minimum absolute atomic E-state index is 0.216. The van der Waals surface area contributed by atoms with Gasteiger partial charge in [-0.25, -0.2) is 0 Å². The fraction of sp³-hybridized carbons (Fsp3) is 1.00. The first-order chi connectivity index (χ1) is 7.13. The van der Waals surface area contributed by atoms with Crippen LogP contribution in [0, 0.1) is 0 Å². The number of nitrogens with zero attached hydrogens (tertiary/aromatic N) is 1. The van der Waals surface area contributed by atoms with Crippen LogP contribution in [0.2, 0.25) is 0 Å². The summed E-state index contributed by atoms with van der Waals surface area (Å²) in [5.74, 6) is 0. The van der Waals surface area contributed by atoms with Gasteiger partial charge in [-0.1, -0.05) is 6.92 Å². The molecule has 0 spiro atoms. The molecule has 3 N–H and O–H groups in total. The van der Waals surface area contributed by atoms with E-state index in [4.69, 9.17) is 5.73 Å². The summed E-state index contributed by atoms with van der Waals surface area (Å²) < 4.78 is 0. The molecule has 3 heteroatoms. The van der Waals surface area contributed by atoms with Gasteiger partial charge >= 0.3 is 0 Å². The van der Waals surface area contributed by atoms with Crippen LogP contribution < -0.4 is 5.73 Å². The van der Waals surface area contributed by atoms with E-state index in [9.17, 15) is 5.11 Å². The van der Waals surface area contributed by atoms with Crippen molar-refractivity contribution in [3.8, 4) is 0 Å². The van der Waals surface area contributed by atoms with E-state index < -0.39 is 0 Å². The standard InChI is InChI=1S/C12H26N2O/c1-3-8-14(9-10(2)15)12-6-4-11(13)5-7-12/h10-12,15H,3-9,13H2,1-2H3/t10-,11?,12?/m1/s1. The van der Waals surface area contributed by atoms with Crippen LogP contribution in [0.15, 0.2) is 0 Å². The van der Waals surface area contributed by atoms with E-state index in [-0.39, 0.29) is 6.10 Å². The zero-order chi connectivity index (χ0) is 11.3. The van der Waals surface area contributed by atoms with Crippen molar-refractivity contribution in [2.45, 2.75) is 64.1 Å². The molecule has 0 amide bonds. The van der Waals surface area contributed by atoms with Gasteiger partial charge < -0.3 is 10.8 Å². The van der Waals surface area contributed by atoms with Crippen molar-refractivity contribution in [1.29, 1.82) is 0 Å². The Morgan fingerprint density at radius 3 is 2.40 bits per heavy atom. The molecule has 0 aliphatic heterocycles. The Labute approximate surface area is 93.6 Å². The third kappa shape index (κ3) is 4.49. The van der Waals surface area contributed by atoms with E-state index in [1.807, 2.05) is 6.92 Å². The molecule has 0 bridgehead atoms. The highest BCUT2D eigenvalue weighted by molar-refractivity contribution is 4.81. The zero-order valence-electron chi connectivity index (χ0n) is 10.2. The Kier molecular flexibility index (Phi) is 5.58. The molecule has 90 valence electrons. The molecule has 15 heavy (non-hydrogen) atoms. The molecule has 1 saturated carbocycles. The Balaban J connectivity index is 2.40. The molecule has 1 aliphatic rings. The van der Waals surface area contributed by atoms with Gasteiger partial charge in [0.1, 0.15) is 0 Å². The number of aliphatic hydroxyl groups is 1. The SMILES string of the molecule is CCCN(C[C@@H](C)O)C1CCC(N)CC1. The lowest BCUT2D eigenvalue weighted by Gasteiger charge is -2.36. The van der Waals surface area contributed by atoms with E-state index in [1.54, 1.807) is 0 Å². The Morgan fingerprint density at radius 2 is 1.93 bits per heavy atom. The molecule has 0 aromatic carbocycles. The fourth-order valence-corrected chi connectivity index (χ4v) is 2.52. The smallest absolute Gasteiger partial charge is 0.0639 e. The van der Waals surface area contributed by atoms with Crippen LogP contribution in [0.3, 0.4) is 0 Å². The third-order valence-corrected chi connectivity index (χ3v) is 3.27. The topological polar surface area (TPSA) is 49.5 Å². The predicted molar refractivity (Wildman–Crippen MR) is 63.8 cm³/mol. The summed E-state index contributed by atoms with van der Waals surface area (Å²) in [6.07, 6.45) is 5.64. The second-order valence-electron chi connectivity index (χ2n) is 4.91. The maximum atomic E-state index is 9.47. The van der Waals surface area contributed by atoms with Gasteiger partial charge in [-0.05, 0) is 45.6 Å². The van der Waals surface area contributed by atoms with Crippen LogP contribution in [0.4, 0.5) is 0 Å². The van der Waals surface area contributed by atoms with E-state index in [0.717, 1.165) is 32.4 Å². The molecule has 1 atom stereocenters. The molecule has 0 aromatic rings. The van der Waals surface area contributed by atoms with E-state index in [0.29, 0.717) is 12.1 Å². The molecular weight excluding hydrogens is 188 g/mol. The number of aliphatic hydroxyl groups excluding tert-OH is 1. The summed E-state index contributed by atoms with van der Waals surface area (Å²) in [4.78, 5) is 2.44. The van der Waals surface area contributed by atoms with Crippen molar-refractivity contribution in [1.82, 2.24) is 4.90 Å². The molecule has 0 saturated heterocycles. The van der Waals surface area contributed by atoms with Crippen molar-refractivity contribution >= 4 is 0 Å². The minimum Gasteiger partial charge on any atom is -0.392 e. The van der Waals surface area contributed by atoms with Gasteiger partial charge in [0.05, 0.1) is 6.10 Å². The predicted octanol–water partition coefficient (Wildman–Crippen LogP) is 1.35. The molecule has 1 fully saturated rings. The monoisotopic (exact) mass is 214 g/mol. The van der Waals surface area contributed by atoms with Crippen LogP contribution in [-0.4, -0.2) is 41.3 Å².